The van der Waals surface area contributed by atoms with Crippen molar-refractivity contribution in [2.75, 3.05) is 11.8 Å². The predicted octanol–water partition coefficient (Wildman–Crippen LogP) is 3.29. The molecule has 0 fully saturated rings. The van der Waals surface area contributed by atoms with Gasteiger partial charge >= 0.3 is 5.97 Å². The summed E-state index contributed by atoms with van der Waals surface area (Å²) in [5, 5.41) is 4.41. The van der Waals surface area contributed by atoms with Gasteiger partial charge in [-0.3, -0.25) is 4.72 Å². The molecule has 0 saturated carbocycles. The van der Waals surface area contributed by atoms with Crippen LogP contribution in [0.25, 0.3) is 5.69 Å². The van der Waals surface area contributed by atoms with E-state index in [1.54, 1.807) is 22.9 Å². The number of carbonyl (C=O) groups is 1. The topological polar surface area (TPSA) is 103 Å². The Morgan fingerprint density at radius 3 is 2.46 bits per heavy atom. The Kier molecular flexibility index (Phi) is 5.03. The minimum Gasteiger partial charge on any atom is -0.465 e. The SMILES string of the molecule is COC(=O)c1c(C)oc(C)c1S(=O)(=O)Nc1cccc(-n2nc(C)cc2C)c1. The molecule has 0 aliphatic heterocycles. The van der Waals surface area contributed by atoms with Crippen molar-refractivity contribution in [3.05, 3.63) is 58.8 Å². The Morgan fingerprint density at radius 1 is 1.14 bits per heavy atom. The third-order valence-electron chi connectivity index (χ3n) is 4.22. The van der Waals surface area contributed by atoms with Crippen LogP contribution in [0.4, 0.5) is 5.69 Å². The van der Waals surface area contributed by atoms with Crippen molar-refractivity contribution in [3.8, 4) is 5.69 Å². The summed E-state index contributed by atoms with van der Waals surface area (Å²) in [5.41, 5.74) is 2.71. The largest absolute Gasteiger partial charge is 0.465 e. The van der Waals surface area contributed by atoms with E-state index in [1.165, 1.54) is 21.0 Å². The van der Waals surface area contributed by atoms with Crippen molar-refractivity contribution in [2.45, 2.75) is 32.6 Å². The number of hydrogen-bond donors (Lipinski definition) is 1. The highest BCUT2D eigenvalue weighted by Gasteiger charge is 2.31. The maximum atomic E-state index is 13.0. The van der Waals surface area contributed by atoms with Gasteiger partial charge in [-0.2, -0.15) is 5.10 Å². The first-order chi connectivity index (χ1) is 13.1. The molecule has 0 atom stereocenters. The molecule has 0 aliphatic rings. The Hall–Kier alpha value is -3.07. The standard InChI is InChI=1S/C19H21N3O5S/c1-11-9-12(2)22(20-11)16-8-6-7-15(10-16)21-28(24,25)18-14(4)27-13(3)17(18)19(23)26-5/h6-10,21H,1-5H3. The fraction of sp³-hybridized carbons (Fsp3) is 0.263. The minimum atomic E-state index is -4.09. The first kappa shape index (κ1) is 19.7. The van der Waals surface area contributed by atoms with Crippen LogP contribution in [0.15, 0.2) is 39.6 Å². The lowest BCUT2D eigenvalue weighted by Gasteiger charge is -2.11. The third kappa shape index (κ3) is 3.53. The average molecular weight is 403 g/mol. The summed E-state index contributed by atoms with van der Waals surface area (Å²) in [6, 6.07) is 8.75. The second kappa shape index (κ2) is 7.16. The lowest BCUT2D eigenvalue weighted by molar-refractivity contribution is 0.0595. The highest BCUT2D eigenvalue weighted by atomic mass is 32.2. The van der Waals surface area contributed by atoms with E-state index in [2.05, 4.69) is 9.82 Å². The molecular weight excluding hydrogens is 382 g/mol. The number of ether oxygens (including phenoxy) is 1. The fourth-order valence-electron chi connectivity index (χ4n) is 3.12. The molecule has 9 heteroatoms. The smallest absolute Gasteiger partial charge is 0.342 e. The summed E-state index contributed by atoms with van der Waals surface area (Å²) in [5.74, 6) is -0.479. The Balaban J connectivity index is 2.02. The molecule has 0 saturated heterocycles. The molecule has 0 radical (unpaired) electrons. The fourth-order valence-corrected chi connectivity index (χ4v) is 4.58. The number of nitrogens with one attached hydrogen (secondary N) is 1. The molecule has 0 amide bonds. The number of aromatic nitrogens is 2. The number of carbonyl (C=O) groups excluding carboxylic acids is 1. The van der Waals surface area contributed by atoms with Crippen LogP contribution in [-0.2, 0) is 14.8 Å². The molecule has 28 heavy (non-hydrogen) atoms. The van der Waals surface area contributed by atoms with Crippen molar-refractivity contribution in [1.82, 2.24) is 9.78 Å². The van der Waals surface area contributed by atoms with Gasteiger partial charge in [0, 0.05) is 5.69 Å². The van der Waals surface area contributed by atoms with Gasteiger partial charge in [-0.15, -0.1) is 0 Å². The molecule has 0 bridgehead atoms. The van der Waals surface area contributed by atoms with Gasteiger partial charge in [0.05, 0.1) is 24.2 Å². The van der Waals surface area contributed by atoms with Crippen LogP contribution < -0.4 is 4.72 Å². The van der Waals surface area contributed by atoms with Gasteiger partial charge in [0.1, 0.15) is 22.0 Å². The van der Waals surface area contributed by atoms with Gasteiger partial charge in [0.25, 0.3) is 10.0 Å². The van der Waals surface area contributed by atoms with E-state index in [4.69, 9.17) is 9.15 Å². The van der Waals surface area contributed by atoms with Gasteiger partial charge in [-0.05, 0) is 52.0 Å². The summed E-state index contributed by atoms with van der Waals surface area (Å²) in [6.07, 6.45) is 0. The number of nitrogens with zero attached hydrogens (tertiary/aromatic N) is 2. The lowest BCUT2D eigenvalue weighted by atomic mass is 10.2. The number of benzene rings is 1. The van der Waals surface area contributed by atoms with Crippen LogP contribution in [0.5, 0.6) is 0 Å². The van der Waals surface area contributed by atoms with Crippen LogP contribution in [0.1, 0.15) is 33.3 Å². The zero-order chi connectivity index (χ0) is 20.6. The molecule has 1 aromatic carbocycles. The highest BCUT2D eigenvalue weighted by molar-refractivity contribution is 7.92. The molecule has 2 heterocycles. The zero-order valence-corrected chi connectivity index (χ0v) is 17.0. The number of furan rings is 1. The summed E-state index contributed by atoms with van der Waals surface area (Å²) in [6.45, 7) is 6.80. The number of sulfonamides is 1. The monoisotopic (exact) mass is 403 g/mol. The number of aryl methyl sites for hydroxylation is 4. The van der Waals surface area contributed by atoms with Crippen LogP contribution >= 0.6 is 0 Å². The molecule has 0 aliphatic carbocycles. The van der Waals surface area contributed by atoms with E-state index in [0.717, 1.165) is 11.4 Å². The van der Waals surface area contributed by atoms with Crippen molar-refractivity contribution in [2.24, 2.45) is 0 Å². The normalized spacial score (nSPS) is 11.5. The number of rotatable bonds is 5. The molecular formula is C19H21N3O5S. The Bertz CT molecular complexity index is 1160. The van der Waals surface area contributed by atoms with Crippen LogP contribution in [0.3, 0.4) is 0 Å². The van der Waals surface area contributed by atoms with Gasteiger partial charge in [-0.1, -0.05) is 6.07 Å². The van der Waals surface area contributed by atoms with E-state index in [1.807, 2.05) is 26.0 Å². The first-order valence-electron chi connectivity index (χ1n) is 8.49. The van der Waals surface area contributed by atoms with Crippen molar-refractivity contribution in [3.63, 3.8) is 0 Å². The van der Waals surface area contributed by atoms with Crippen molar-refractivity contribution >= 4 is 21.7 Å². The van der Waals surface area contributed by atoms with Crippen LogP contribution in [-0.4, -0.2) is 31.3 Å². The van der Waals surface area contributed by atoms with Crippen molar-refractivity contribution < 1.29 is 22.4 Å². The zero-order valence-electron chi connectivity index (χ0n) is 16.2. The molecule has 148 valence electrons. The molecule has 8 nitrogen and oxygen atoms in total. The van der Waals surface area contributed by atoms with Gasteiger partial charge in [0.2, 0.25) is 0 Å². The van der Waals surface area contributed by atoms with Gasteiger partial charge < -0.3 is 9.15 Å². The third-order valence-corrected chi connectivity index (χ3v) is 5.75. The maximum absolute atomic E-state index is 13.0. The van der Waals surface area contributed by atoms with E-state index in [9.17, 15) is 13.2 Å². The summed E-state index contributed by atoms with van der Waals surface area (Å²) in [7, 11) is -2.90. The van der Waals surface area contributed by atoms with E-state index in [-0.39, 0.29) is 22.0 Å². The maximum Gasteiger partial charge on any atom is 0.342 e. The van der Waals surface area contributed by atoms with Gasteiger partial charge in [0.15, 0.2) is 0 Å². The Labute approximate surface area is 163 Å². The number of hydrogen-bond acceptors (Lipinski definition) is 6. The Morgan fingerprint density at radius 2 is 1.86 bits per heavy atom. The average Bonchev–Trinajstić information content (AvgIpc) is 3.12. The van der Waals surface area contributed by atoms with E-state index < -0.39 is 16.0 Å². The summed E-state index contributed by atoms with van der Waals surface area (Å²) in [4.78, 5) is 11.8. The van der Waals surface area contributed by atoms with Crippen LogP contribution in [0, 0.1) is 27.7 Å². The molecule has 3 aromatic rings. The lowest BCUT2D eigenvalue weighted by Crippen LogP contribution is -2.17. The highest BCUT2D eigenvalue weighted by Crippen LogP contribution is 2.29. The minimum absolute atomic E-state index is 0.109. The number of esters is 1. The summed E-state index contributed by atoms with van der Waals surface area (Å²) >= 11 is 0. The van der Waals surface area contributed by atoms with Gasteiger partial charge in [-0.25, -0.2) is 17.9 Å². The molecule has 0 unspecified atom stereocenters. The molecule has 3 rings (SSSR count). The quantitative estimate of drug-likeness (QED) is 0.656. The molecule has 2 aromatic heterocycles. The number of anilines is 1. The molecule has 1 N–H and O–H groups in total. The number of methoxy groups -OCH3 is 1. The second-order valence-electron chi connectivity index (χ2n) is 6.40. The van der Waals surface area contributed by atoms with E-state index in [0.29, 0.717) is 11.4 Å². The first-order valence-corrected chi connectivity index (χ1v) is 9.97. The van der Waals surface area contributed by atoms with Crippen LogP contribution in [0.2, 0.25) is 0 Å². The summed E-state index contributed by atoms with van der Waals surface area (Å²) < 4.78 is 40.3. The predicted molar refractivity (Wildman–Crippen MR) is 103 cm³/mol. The van der Waals surface area contributed by atoms with Crippen molar-refractivity contribution in [1.29, 1.82) is 0 Å². The van der Waals surface area contributed by atoms with E-state index >= 15 is 0 Å². The molecule has 0 spiro atoms. The second-order valence-corrected chi connectivity index (χ2v) is 8.02.